The molecule has 0 aliphatic rings. The Balaban J connectivity index is 1.58. The number of hydrazone groups is 1. The smallest absolute Gasteiger partial charge is 0.261 e. The van der Waals surface area contributed by atoms with Gasteiger partial charge in [-0.05, 0) is 54.4 Å². The van der Waals surface area contributed by atoms with Crippen molar-refractivity contribution in [2.75, 3.05) is 7.11 Å². The Hall–Kier alpha value is -3.03. The minimum absolute atomic E-state index is 0.0932. The van der Waals surface area contributed by atoms with E-state index in [1.165, 1.54) is 6.21 Å². The van der Waals surface area contributed by atoms with E-state index < -0.39 is 0 Å². The molecule has 0 spiro atoms. The molecular formula is C21H20Cl2N4O3. The maximum atomic E-state index is 11.9. The number of aryl methyl sites for hydroxylation is 1. The van der Waals surface area contributed by atoms with Crippen LogP contribution in [0.25, 0.3) is 0 Å². The minimum Gasteiger partial charge on any atom is -0.493 e. The van der Waals surface area contributed by atoms with Crippen LogP contribution in [0, 0.1) is 6.92 Å². The Labute approximate surface area is 184 Å². The molecule has 156 valence electrons. The number of methoxy groups -OCH3 is 1. The van der Waals surface area contributed by atoms with Crippen LogP contribution >= 0.6 is 23.2 Å². The van der Waals surface area contributed by atoms with E-state index in [4.69, 9.17) is 32.7 Å². The zero-order valence-corrected chi connectivity index (χ0v) is 17.9. The summed E-state index contributed by atoms with van der Waals surface area (Å²) in [5.41, 5.74) is 4.94. The average Bonchev–Trinajstić information content (AvgIpc) is 3.13. The fourth-order valence-corrected chi connectivity index (χ4v) is 2.91. The van der Waals surface area contributed by atoms with E-state index in [9.17, 15) is 4.79 Å². The highest BCUT2D eigenvalue weighted by molar-refractivity contribution is 6.42. The lowest BCUT2D eigenvalue weighted by Gasteiger charge is -2.11. The van der Waals surface area contributed by atoms with E-state index in [0.29, 0.717) is 28.2 Å². The topological polar surface area (TPSA) is 77.7 Å². The van der Waals surface area contributed by atoms with Crippen molar-refractivity contribution in [2.24, 2.45) is 5.10 Å². The van der Waals surface area contributed by atoms with Crippen molar-refractivity contribution in [3.8, 4) is 11.5 Å². The summed E-state index contributed by atoms with van der Waals surface area (Å²) in [5, 5.41) is 9.10. The van der Waals surface area contributed by atoms with Crippen LogP contribution in [-0.4, -0.2) is 29.0 Å². The van der Waals surface area contributed by atoms with Gasteiger partial charge >= 0.3 is 0 Å². The lowest BCUT2D eigenvalue weighted by Crippen LogP contribution is -2.23. The molecule has 3 aromatic rings. The number of ether oxygens (including phenoxy) is 2. The second-order valence-corrected chi connectivity index (χ2v) is 7.21. The molecule has 0 aliphatic carbocycles. The summed E-state index contributed by atoms with van der Waals surface area (Å²) in [6.07, 6.45) is 3.26. The van der Waals surface area contributed by atoms with Crippen molar-refractivity contribution in [1.29, 1.82) is 0 Å². The molecule has 3 rings (SSSR count). The van der Waals surface area contributed by atoms with Gasteiger partial charge in [-0.25, -0.2) is 5.43 Å². The van der Waals surface area contributed by atoms with Gasteiger partial charge < -0.3 is 9.47 Å². The van der Waals surface area contributed by atoms with Gasteiger partial charge in [0, 0.05) is 6.20 Å². The highest BCUT2D eigenvalue weighted by Gasteiger charge is 2.07. The average molecular weight is 447 g/mol. The maximum Gasteiger partial charge on any atom is 0.261 e. The first-order valence-corrected chi connectivity index (χ1v) is 9.77. The molecule has 0 saturated heterocycles. The van der Waals surface area contributed by atoms with Crippen LogP contribution in [0.15, 0.2) is 53.8 Å². The fourth-order valence-electron chi connectivity index (χ4n) is 2.59. The van der Waals surface area contributed by atoms with Crippen molar-refractivity contribution >= 4 is 35.3 Å². The summed E-state index contributed by atoms with van der Waals surface area (Å²) >= 11 is 12.0. The lowest BCUT2D eigenvalue weighted by molar-refractivity contribution is -0.121. The van der Waals surface area contributed by atoms with Crippen molar-refractivity contribution in [1.82, 2.24) is 15.2 Å². The number of nitrogens with zero attached hydrogens (tertiary/aromatic N) is 3. The zero-order valence-electron chi connectivity index (χ0n) is 16.4. The van der Waals surface area contributed by atoms with Crippen molar-refractivity contribution in [3.63, 3.8) is 0 Å². The number of carbonyl (C=O) groups excluding carboxylic acids is 1. The highest BCUT2D eigenvalue weighted by atomic mass is 35.5. The van der Waals surface area contributed by atoms with Gasteiger partial charge in [0.2, 0.25) is 0 Å². The molecule has 0 aliphatic heterocycles. The largest absolute Gasteiger partial charge is 0.493 e. The Morgan fingerprint density at radius 2 is 2.00 bits per heavy atom. The number of rotatable bonds is 8. The second kappa shape index (κ2) is 10.1. The van der Waals surface area contributed by atoms with Crippen LogP contribution in [0.4, 0.5) is 0 Å². The summed E-state index contributed by atoms with van der Waals surface area (Å²) in [6.45, 7) is 2.26. The number of hydrogen-bond donors (Lipinski definition) is 1. The first-order chi connectivity index (χ1) is 14.4. The summed E-state index contributed by atoms with van der Waals surface area (Å²) in [6, 6.07) is 12.5. The molecule has 1 amide bonds. The Morgan fingerprint density at radius 1 is 1.17 bits per heavy atom. The third-order valence-electron chi connectivity index (χ3n) is 4.05. The molecule has 0 radical (unpaired) electrons. The molecule has 1 N–H and O–H groups in total. The van der Waals surface area contributed by atoms with Crippen LogP contribution in [0.1, 0.15) is 16.8 Å². The van der Waals surface area contributed by atoms with Crippen LogP contribution in [0.5, 0.6) is 11.5 Å². The molecule has 0 bridgehead atoms. The van der Waals surface area contributed by atoms with Gasteiger partial charge in [0.15, 0.2) is 11.5 Å². The standard InChI is InChI=1S/C21H20Cl2N4O3/c1-14-7-8-27(26-14)12-21(28)25-24-11-15-4-6-19(20(10-15)29-2)30-13-16-3-5-17(22)18(23)9-16/h3-11H,12-13H2,1-2H3,(H,25,28)/b24-11+. The summed E-state index contributed by atoms with van der Waals surface area (Å²) in [7, 11) is 1.55. The molecule has 1 heterocycles. The van der Waals surface area contributed by atoms with Crippen LogP contribution < -0.4 is 14.9 Å². The monoisotopic (exact) mass is 446 g/mol. The molecule has 1 aromatic heterocycles. The first kappa shape index (κ1) is 21.7. The number of halogens is 2. The van der Waals surface area contributed by atoms with Crippen molar-refractivity contribution in [3.05, 3.63) is 75.5 Å². The SMILES string of the molecule is COc1cc(/C=N/NC(=O)Cn2ccc(C)n2)ccc1OCc1ccc(Cl)c(Cl)c1. The molecule has 0 saturated carbocycles. The quantitative estimate of drug-likeness (QED) is 0.414. The highest BCUT2D eigenvalue weighted by Crippen LogP contribution is 2.29. The van der Waals surface area contributed by atoms with E-state index in [0.717, 1.165) is 16.8 Å². The number of nitrogens with one attached hydrogen (secondary N) is 1. The summed E-state index contributed by atoms with van der Waals surface area (Å²) < 4.78 is 12.8. The van der Waals surface area contributed by atoms with Gasteiger partial charge in [-0.3, -0.25) is 9.48 Å². The number of aromatic nitrogens is 2. The second-order valence-electron chi connectivity index (χ2n) is 6.40. The van der Waals surface area contributed by atoms with Crippen LogP contribution in [0.3, 0.4) is 0 Å². The molecular weight excluding hydrogens is 427 g/mol. The van der Waals surface area contributed by atoms with Gasteiger partial charge in [-0.15, -0.1) is 0 Å². The van der Waals surface area contributed by atoms with E-state index >= 15 is 0 Å². The van der Waals surface area contributed by atoms with Crippen LogP contribution in [0.2, 0.25) is 10.0 Å². The van der Waals surface area contributed by atoms with Gasteiger partial charge in [0.25, 0.3) is 5.91 Å². The van der Waals surface area contributed by atoms with Gasteiger partial charge in [-0.1, -0.05) is 29.3 Å². The Morgan fingerprint density at radius 3 is 2.70 bits per heavy atom. The predicted octanol–water partition coefficient (Wildman–Crippen LogP) is 4.24. The fraction of sp³-hybridized carbons (Fsp3) is 0.190. The summed E-state index contributed by atoms with van der Waals surface area (Å²) in [5.74, 6) is 0.832. The van der Waals surface area contributed by atoms with E-state index in [1.807, 2.05) is 19.1 Å². The normalized spacial score (nSPS) is 10.9. The molecule has 0 atom stereocenters. The summed E-state index contributed by atoms with van der Waals surface area (Å²) in [4.78, 5) is 11.9. The van der Waals surface area contributed by atoms with Gasteiger partial charge in [0.1, 0.15) is 13.2 Å². The third kappa shape index (κ3) is 5.98. The van der Waals surface area contributed by atoms with Crippen molar-refractivity contribution < 1.29 is 14.3 Å². The number of hydrogen-bond acceptors (Lipinski definition) is 5. The lowest BCUT2D eigenvalue weighted by atomic mass is 10.2. The molecule has 30 heavy (non-hydrogen) atoms. The first-order valence-electron chi connectivity index (χ1n) is 9.01. The van der Waals surface area contributed by atoms with Gasteiger partial charge in [0.05, 0.1) is 29.1 Å². The zero-order chi connectivity index (χ0) is 21.5. The third-order valence-corrected chi connectivity index (χ3v) is 4.79. The van der Waals surface area contributed by atoms with Gasteiger partial charge in [-0.2, -0.15) is 10.2 Å². The van der Waals surface area contributed by atoms with Crippen LogP contribution in [-0.2, 0) is 17.9 Å². The van der Waals surface area contributed by atoms with E-state index in [-0.39, 0.29) is 12.5 Å². The van der Waals surface area contributed by atoms with E-state index in [2.05, 4.69) is 15.6 Å². The number of amides is 1. The molecule has 9 heteroatoms. The molecule has 0 unspecified atom stereocenters. The molecule has 2 aromatic carbocycles. The molecule has 7 nitrogen and oxygen atoms in total. The van der Waals surface area contributed by atoms with Crippen molar-refractivity contribution in [2.45, 2.75) is 20.1 Å². The maximum absolute atomic E-state index is 11.9. The number of carbonyl (C=O) groups is 1. The Bertz CT molecular complexity index is 1070. The Kier molecular flexibility index (Phi) is 7.32. The van der Waals surface area contributed by atoms with E-state index in [1.54, 1.807) is 48.3 Å². The predicted molar refractivity (Wildman–Crippen MR) is 116 cm³/mol. The minimum atomic E-state index is -0.275. The number of benzene rings is 2. The molecule has 0 fully saturated rings.